The molecule has 5 heteroatoms. The van der Waals surface area contributed by atoms with Crippen LogP contribution >= 0.6 is 11.3 Å². The molecule has 122 valence electrons. The van der Waals surface area contributed by atoms with Crippen molar-refractivity contribution >= 4 is 17.2 Å². The first-order chi connectivity index (χ1) is 11.8. The maximum absolute atomic E-state index is 12.9. The van der Waals surface area contributed by atoms with E-state index in [4.69, 9.17) is 9.15 Å². The molecule has 4 rings (SSSR count). The molecule has 1 aliphatic rings. The van der Waals surface area contributed by atoms with Crippen molar-refractivity contribution in [1.82, 2.24) is 4.90 Å². The Bertz CT molecular complexity index is 836. The van der Waals surface area contributed by atoms with Crippen LogP contribution in [0, 0.1) is 0 Å². The van der Waals surface area contributed by atoms with Gasteiger partial charge < -0.3 is 14.1 Å². The number of amides is 1. The topological polar surface area (TPSA) is 42.7 Å². The van der Waals surface area contributed by atoms with E-state index in [0.29, 0.717) is 12.1 Å². The fourth-order valence-corrected chi connectivity index (χ4v) is 4.29. The molecule has 1 amide bonds. The predicted octanol–water partition coefficient (Wildman–Crippen LogP) is 4.14. The van der Waals surface area contributed by atoms with Crippen molar-refractivity contribution in [2.24, 2.45) is 0 Å². The van der Waals surface area contributed by atoms with Gasteiger partial charge >= 0.3 is 0 Å². The molecule has 0 fully saturated rings. The molecule has 0 N–H and O–H groups in total. The van der Waals surface area contributed by atoms with Crippen molar-refractivity contribution in [3.63, 3.8) is 0 Å². The second-order valence-electron chi connectivity index (χ2n) is 5.75. The Labute approximate surface area is 144 Å². The van der Waals surface area contributed by atoms with Crippen molar-refractivity contribution in [2.45, 2.75) is 12.5 Å². The number of fused-ring (bicyclic) bond motifs is 1. The SMILES string of the molecule is COc1ccc(C2c3sccc3CCN2C(=O)c2ccoc2)cc1. The molecule has 1 atom stereocenters. The van der Waals surface area contributed by atoms with E-state index in [0.717, 1.165) is 17.7 Å². The monoisotopic (exact) mass is 339 g/mol. The lowest BCUT2D eigenvalue weighted by atomic mass is 9.94. The number of rotatable bonds is 3. The molecule has 1 aliphatic heterocycles. The Morgan fingerprint density at radius 2 is 2.08 bits per heavy atom. The fourth-order valence-electron chi connectivity index (χ4n) is 3.19. The van der Waals surface area contributed by atoms with Crippen molar-refractivity contribution in [1.29, 1.82) is 0 Å². The average Bonchev–Trinajstić information content (AvgIpc) is 3.31. The van der Waals surface area contributed by atoms with Crippen LogP contribution in [-0.2, 0) is 6.42 Å². The summed E-state index contributed by atoms with van der Waals surface area (Å²) in [6.45, 7) is 0.699. The number of methoxy groups -OCH3 is 1. The number of carbonyl (C=O) groups is 1. The van der Waals surface area contributed by atoms with Crippen LogP contribution in [0.3, 0.4) is 0 Å². The first-order valence-electron chi connectivity index (χ1n) is 7.81. The Balaban J connectivity index is 1.76. The molecule has 0 saturated heterocycles. The van der Waals surface area contributed by atoms with Crippen molar-refractivity contribution in [2.75, 3.05) is 13.7 Å². The van der Waals surface area contributed by atoms with E-state index in [1.54, 1.807) is 24.5 Å². The van der Waals surface area contributed by atoms with Crippen LogP contribution in [0.4, 0.5) is 0 Å². The van der Waals surface area contributed by atoms with Gasteiger partial charge in [0, 0.05) is 11.4 Å². The number of furan rings is 1. The summed E-state index contributed by atoms with van der Waals surface area (Å²) in [6, 6.07) is 11.8. The number of carbonyl (C=O) groups excluding carboxylic acids is 1. The molecular formula is C19H17NO3S. The largest absolute Gasteiger partial charge is 0.497 e. The minimum atomic E-state index is -0.0675. The number of hydrogen-bond donors (Lipinski definition) is 0. The summed E-state index contributed by atoms with van der Waals surface area (Å²) in [5.74, 6) is 0.817. The molecule has 2 aromatic heterocycles. The lowest BCUT2D eigenvalue weighted by molar-refractivity contribution is 0.0697. The van der Waals surface area contributed by atoms with Gasteiger partial charge in [0.05, 0.1) is 25.0 Å². The number of thiophene rings is 1. The zero-order valence-electron chi connectivity index (χ0n) is 13.3. The summed E-state index contributed by atoms with van der Waals surface area (Å²) in [4.78, 5) is 16.1. The number of nitrogens with zero attached hydrogens (tertiary/aromatic N) is 1. The molecule has 3 heterocycles. The van der Waals surface area contributed by atoms with E-state index in [9.17, 15) is 4.79 Å². The van der Waals surface area contributed by atoms with Crippen LogP contribution < -0.4 is 4.74 Å². The van der Waals surface area contributed by atoms with E-state index < -0.39 is 0 Å². The number of hydrogen-bond acceptors (Lipinski definition) is 4. The number of benzene rings is 1. The molecule has 0 radical (unpaired) electrons. The van der Waals surface area contributed by atoms with Gasteiger partial charge in [0.1, 0.15) is 12.0 Å². The normalized spacial score (nSPS) is 16.7. The molecular weight excluding hydrogens is 322 g/mol. The Morgan fingerprint density at radius 1 is 1.25 bits per heavy atom. The summed E-state index contributed by atoms with van der Waals surface area (Å²) in [5, 5.41) is 2.10. The van der Waals surface area contributed by atoms with Crippen LogP contribution in [0.1, 0.15) is 32.4 Å². The number of ether oxygens (including phenoxy) is 1. The smallest absolute Gasteiger partial charge is 0.257 e. The van der Waals surface area contributed by atoms with E-state index in [-0.39, 0.29) is 11.9 Å². The van der Waals surface area contributed by atoms with E-state index in [2.05, 4.69) is 11.4 Å². The first kappa shape index (κ1) is 15.0. The summed E-state index contributed by atoms with van der Waals surface area (Å²) in [7, 11) is 1.65. The van der Waals surface area contributed by atoms with Gasteiger partial charge in [-0.15, -0.1) is 11.3 Å². The van der Waals surface area contributed by atoms with E-state index >= 15 is 0 Å². The van der Waals surface area contributed by atoms with Crippen LogP contribution in [0.25, 0.3) is 0 Å². The maximum atomic E-state index is 12.9. The van der Waals surface area contributed by atoms with Crippen molar-refractivity contribution in [3.05, 3.63) is 75.9 Å². The maximum Gasteiger partial charge on any atom is 0.257 e. The molecule has 0 bridgehead atoms. The van der Waals surface area contributed by atoms with Crippen LogP contribution in [-0.4, -0.2) is 24.5 Å². The van der Waals surface area contributed by atoms with Crippen LogP contribution in [0.2, 0.25) is 0 Å². The molecule has 0 aliphatic carbocycles. The first-order valence-corrected chi connectivity index (χ1v) is 8.69. The highest BCUT2D eigenvalue weighted by Crippen LogP contribution is 2.39. The lowest BCUT2D eigenvalue weighted by Gasteiger charge is -2.36. The second-order valence-corrected chi connectivity index (χ2v) is 6.69. The van der Waals surface area contributed by atoms with Crippen LogP contribution in [0.15, 0.2) is 58.7 Å². The highest BCUT2D eigenvalue weighted by molar-refractivity contribution is 7.10. The third-order valence-electron chi connectivity index (χ3n) is 4.42. The van der Waals surface area contributed by atoms with Gasteiger partial charge in [0.25, 0.3) is 5.91 Å². The summed E-state index contributed by atoms with van der Waals surface area (Å²) in [5.41, 5.74) is 3.02. The van der Waals surface area contributed by atoms with Gasteiger partial charge in [-0.2, -0.15) is 0 Å². The average molecular weight is 339 g/mol. The van der Waals surface area contributed by atoms with Crippen molar-refractivity contribution < 1.29 is 13.9 Å². The molecule has 0 spiro atoms. The summed E-state index contributed by atoms with van der Waals surface area (Å²) in [6.07, 6.45) is 3.93. The van der Waals surface area contributed by atoms with Gasteiger partial charge in [-0.25, -0.2) is 0 Å². The van der Waals surface area contributed by atoms with Crippen LogP contribution in [0.5, 0.6) is 5.75 Å². The zero-order chi connectivity index (χ0) is 16.5. The van der Waals surface area contributed by atoms with Gasteiger partial charge in [-0.05, 0) is 47.2 Å². The Hall–Kier alpha value is -2.53. The zero-order valence-corrected chi connectivity index (χ0v) is 14.1. The third kappa shape index (κ3) is 2.51. The highest BCUT2D eigenvalue weighted by Gasteiger charge is 2.33. The molecule has 1 aromatic carbocycles. The standard InChI is InChI=1S/C19H17NO3S/c1-22-16-4-2-13(3-5-16)17-18-14(8-11-24-18)6-9-20(17)19(21)15-7-10-23-12-15/h2-5,7-8,10-12,17H,6,9H2,1H3. The molecule has 0 saturated carbocycles. The van der Waals surface area contributed by atoms with E-state index in [1.807, 2.05) is 29.2 Å². The minimum Gasteiger partial charge on any atom is -0.497 e. The second kappa shape index (κ2) is 6.17. The highest BCUT2D eigenvalue weighted by atomic mass is 32.1. The predicted molar refractivity (Wildman–Crippen MR) is 92.6 cm³/mol. The van der Waals surface area contributed by atoms with Gasteiger partial charge in [-0.1, -0.05) is 12.1 Å². The fraction of sp³-hybridized carbons (Fsp3) is 0.211. The molecule has 4 nitrogen and oxygen atoms in total. The quantitative estimate of drug-likeness (QED) is 0.720. The summed E-state index contributed by atoms with van der Waals surface area (Å²) >= 11 is 1.71. The summed E-state index contributed by atoms with van der Waals surface area (Å²) < 4.78 is 10.3. The van der Waals surface area contributed by atoms with Crippen molar-refractivity contribution in [3.8, 4) is 5.75 Å². The third-order valence-corrected chi connectivity index (χ3v) is 5.43. The minimum absolute atomic E-state index is 0.00335. The van der Waals surface area contributed by atoms with Gasteiger partial charge in [-0.3, -0.25) is 4.79 Å². The van der Waals surface area contributed by atoms with Gasteiger partial charge in [0.2, 0.25) is 0 Å². The molecule has 1 unspecified atom stereocenters. The van der Waals surface area contributed by atoms with E-state index in [1.165, 1.54) is 23.0 Å². The Kier molecular flexibility index (Phi) is 3.86. The molecule has 24 heavy (non-hydrogen) atoms. The molecule has 3 aromatic rings. The van der Waals surface area contributed by atoms with Gasteiger partial charge in [0.15, 0.2) is 0 Å². The Morgan fingerprint density at radius 3 is 2.79 bits per heavy atom. The lowest BCUT2D eigenvalue weighted by Crippen LogP contribution is -2.39.